The molecule has 8 nitrogen and oxygen atoms in total. The summed E-state index contributed by atoms with van der Waals surface area (Å²) in [7, 11) is 6.67. The summed E-state index contributed by atoms with van der Waals surface area (Å²) in [5.41, 5.74) is 6.80. The molecule has 1 aliphatic carbocycles. The molecule has 0 atom stereocenters. The van der Waals surface area contributed by atoms with Gasteiger partial charge < -0.3 is 18.9 Å². The summed E-state index contributed by atoms with van der Waals surface area (Å²) >= 11 is 7.52. The van der Waals surface area contributed by atoms with E-state index < -0.39 is 11.1 Å². The van der Waals surface area contributed by atoms with Gasteiger partial charge in [0.1, 0.15) is 23.0 Å². The minimum atomic E-state index is -0.668. The van der Waals surface area contributed by atoms with Gasteiger partial charge in [0.25, 0.3) is 0 Å². The van der Waals surface area contributed by atoms with Crippen molar-refractivity contribution in [3.63, 3.8) is 0 Å². The lowest BCUT2D eigenvalue weighted by molar-refractivity contribution is 0.102. The molecule has 10 heteroatoms. The second kappa shape index (κ2) is 14.7. The predicted molar refractivity (Wildman–Crippen MR) is 204 cm³/mol. The van der Waals surface area contributed by atoms with Crippen molar-refractivity contribution in [2.75, 3.05) is 38.6 Å². The molecule has 50 heavy (non-hydrogen) atoms. The molecule has 0 unspecified atom stereocenters. The highest BCUT2D eigenvalue weighted by Gasteiger charge is 2.28. The molecule has 0 fully saturated rings. The number of halogens is 2. The maximum atomic E-state index is 13.7. The molecule has 266 valence electrons. The Bertz CT molecular complexity index is 1660. The highest BCUT2D eigenvalue weighted by molar-refractivity contribution is 9.10. The number of methoxy groups -OCH3 is 4. The van der Waals surface area contributed by atoms with Crippen molar-refractivity contribution >= 4 is 43.2 Å². The first-order valence-electron chi connectivity index (χ1n) is 16.5. The minimum Gasteiger partial charge on any atom is -0.496 e. The number of hydrogen-bond donors (Lipinski definition) is 0. The Morgan fingerprint density at radius 3 is 0.820 bits per heavy atom. The van der Waals surface area contributed by atoms with Crippen LogP contribution in [-0.4, -0.2) is 39.5 Å². The molecular weight excluding hydrogens is 764 g/mol. The SMILES string of the molecule is COc1c2cc(Br)cc1Cc1cc(N([O])C(C)(C)C)cc(c1OC)Cc1cc(Br)cc(c1OC)Cc1cc(N([O])C(C)(C)C)cc(c1OC)C2. The van der Waals surface area contributed by atoms with Crippen LogP contribution in [0.2, 0.25) is 0 Å². The normalized spacial score (nSPS) is 13.1. The largest absolute Gasteiger partial charge is 0.496 e. The van der Waals surface area contributed by atoms with Gasteiger partial charge in [-0.25, -0.2) is 10.1 Å². The number of rotatable bonds is 6. The Morgan fingerprint density at radius 2 is 0.640 bits per heavy atom. The molecule has 0 amide bonds. The van der Waals surface area contributed by atoms with Gasteiger partial charge in [0.05, 0.1) is 50.9 Å². The van der Waals surface area contributed by atoms with E-state index in [0.29, 0.717) is 60.1 Å². The molecule has 0 aliphatic heterocycles. The smallest absolute Gasteiger partial charge is 0.126 e. The topological polar surface area (TPSA) is 83.2 Å². The second-order valence-electron chi connectivity index (χ2n) is 14.7. The number of benzene rings is 4. The quantitative estimate of drug-likeness (QED) is 0.159. The molecule has 0 heterocycles. The third-order valence-electron chi connectivity index (χ3n) is 8.90. The van der Waals surface area contributed by atoms with Crippen molar-refractivity contribution in [3.05, 3.63) is 102 Å². The van der Waals surface area contributed by atoms with Crippen molar-refractivity contribution in [2.45, 2.75) is 78.3 Å². The number of anilines is 2. The van der Waals surface area contributed by atoms with E-state index in [1.165, 1.54) is 0 Å². The van der Waals surface area contributed by atoms with Crippen molar-refractivity contribution in [2.24, 2.45) is 0 Å². The molecule has 0 N–H and O–H groups in total. The van der Waals surface area contributed by atoms with Crippen LogP contribution in [0.1, 0.15) is 86.1 Å². The summed E-state index contributed by atoms with van der Waals surface area (Å²) < 4.78 is 26.3. The molecular formula is C40H46Br2N2O6. The number of hydrogen-bond acceptors (Lipinski definition) is 6. The fourth-order valence-corrected chi connectivity index (χ4v) is 7.93. The van der Waals surface area contributed by atoms with Gasteiger partial charge in [-0.15, -0.1) is 0 Å². The van der Waals surface area contributed by atoms with Gasteiger partial charge in [-0.05, 0) is 90.1 Å². The lowest BCUT2D eigenvalue weighted by Gasteiger charge is -2.30. The molecule has 8 bridgehead atoms. The van der Waals surface area contributed by atoms with Crippen LogP contribution >= 0.6 is 31.9 Å². The van der Waals surface area contributed by atoms with E-state index in [4.69, 9.17) is 18.9 Å². The maximum Gasteiger partial charge on any atom is 0.126 e. The van der Waals surface area contributed by atoms with Gasteiger partial charge in [-0.2, -0.15) is 0 Å². The molecule has 5 rings (SSSR count). The standard InChI is InChI=1S/C40H46Br2N2O6/c1-39(2,3)43(45)33-19-27-11-23-15-31(41)17-25(35(23)47-7)13-29-21-34(44(46)40(4,5)6)22-30(38(29)50-10)14-26-18-32(42)16-24(36(26)48-8)12-28(20-33)37(27)49-9/h15-22H,11-14H2,1-10H3. The van der Waals surface area contributed by atoms with E-state index in [2.05, 4.69) is 31.9 Å². The van der Waals surface area contributed by atoms with Gasteiger partial charge in [0.15, 0.2) is 0 Å². The van der Waals surface area contributed by atoms with E-state index in [1.54, 1.807) is 28.4 Å². The van der Waals surface area contributed by atoms with Crippen molar-refractivity contribution in [3.8, 4) is 23.0 Å². The van der Waals surface area contributed by atoms with Crippen LogP contribution in [0.3, 0.4) is 0 Å². The molecule has 4 aromatic carbocycles. The van der Waals surface area contributed by atoms with Crippen LogP contribution in [0.4, 0.5) is 11.4 Å². The Morgan fingerprint density at radius 1 is 0.440 bits per heavy atom. The average Bonchev–Trinajstić information content (AvgIpc) is 3.02. The lowest BCUT2D eigenvalue weighted by atomic mass is 9.90. The molecule has 2 radical (unpaired) electrons. The molecule has 0 aromatic heterocycles. The van der Waals surface area contributed by atoms with E-state index in [9.17, 15) is 10.4 Å². The van der Waals surface area contributed by atoms with Crippen LogP contribution in [0, 0.1) is 0 Å². The fraction of sp³-hybridized carbons (Fsp3) is 0.400. The fourth-order valence-electron chi connectivity index (χ4n) is 6.82. The molecule has 0 saturated heterocycles. The highest BCUT2D eigenvalue weighted by atomic mass is 79.9. The summed E-state index contributed by atoms with van der Waals surface area (Å²) in [5.74, 6) is 2.82. The first-order valence-corrected chi connectivity index (χ1v) is 18.1. The number of ether oxygens (including phenoxy) is 4. The Hall–Kier alpha value is -3.44. The van der Waals surface area contributed by atoms with Gasteiger partial charge in [0.2, 0.25) is 0 Å². The zero-order valence-electron chi connectivity index (χ0n) is 30.5. The first kappa shape index (κ1) is 37.8. The Labute approximate surface area is 313 Å². The third kappa shape index (κ3) is 7.73. The summed E-state index contributed by atoms with van der Waals surface area (Å²) in [6, 6.07) is 15.8. The number of fused-ring (bicyclic) bond motifs is 8. The van der Waals surface area contributed by atoms with Crippen LogP contribution < -0.4 is 29.1 Å². The predicted octanol–water partition coefficient (Wildman–Crippen LogP) is 9.82. The third-order valence-corrected chi connectivity index (χ3v) is 9.81. The van der Waals surface area contributed by atoms with E-state index >= 15 is 0 Å². The van der Waals surface area contributed by atoms with Crippen molar-refractivity contribution < 1.29 is 29.4 Å². The number of hydroxylamine groups is 2. The monoisotopic (exact) mass is 808 g/mol. The van der Waals surface area contributed by atoms with Gasteiger partial charge in [0, 0.05) is 79.1 Å². The Balaban J connectivity index is 1.88. The number of nitrogens with zero attached hydrogens (tertiary/aromatic N) is 2. The molecule has 1 aliphatic rings. The minimum absolute atomic E-state index is 0.430. The lowest BCUT2D eigenvalue weighted by Crippen LogP contribution is -2.37. The molecule has 0 spiro atoms. The van der Waals surface area contributed by atoms with Crippen molar-refractivity contribution in [1.82, 2.24) is 0 Å². The van der Waals surface area contributed by atoms with Gasteiger partial charge >= 0.3 is 0 Å². The summed E-state index contributed by atoms with van der Waals surface area (Å²) in [6.45, 7) is 11.4. The summed E-state index contributed by atoms with van der Waals surface area (Å²) in [4.78, 5) is 0. The summed E-state index contributed by atoms with van der Waals surface area (Å²) in [5, 5.41) is 29.6. The zero-order chi connectivity index (χ0) is 36.7. The van der Waals surface area contributed by atoms with E-state index in [0.717, 1.165) is 63.6 Å². The van der Waals surface area contributed by atoms with Crippen LogP contribution in [0.25, 0.3) is 0 Å². The second-order valence-corrected chi connectivity index (χ2v) is 16.6. The average molecular weight is 811 g/mol. The van der Waals surface area contributed by atoms with E-state index in [-0.39, 0.29) is 0 Å². The van der Waals surface area contributed by atoms with Gasteiger partial charge in [-0.1, -0.05) is 42.3 Å². The Kier molecular flexibility index (Phi) is 11.1. The molecule has 0 saturated carbocycles. The van der Waals surface area contributed by atoms with Gasteiger partial charge in [-0.3, -0.25) is 0 Å². The van der Waals surface area contributed by atoms with E-state index in [1.807, 2.05) is 90.1 Å². The molecule has 4 aromatic rings. The highest BCUT2D eigenvalue weighted by Crippen LogP contribution is 2.43. The maximum absolute atomic E-state index is 13.7. The first-order chi connectivity index (χ1) is 23.5. The zero-order valence-corrected chi connectivity index (χ0v) is 33.7. The van der Waals surface area contributed by atoms with Crippen molar-refractivity contribution in [1.29, 1.82) is 0 Å². The summed E-state index contributed by atoms with van der Waals surface area (Å²) in [6.07, 6.45) is 1.72. The van der Waals surface area contributed by atoms with Crippen LogP contribution in [-0.2, 0) is 36.1 Å². The van der Waals surface area contributed by atoms with Crippen LogP contribution in [0.5, 0.6) is 23.0 Å². The van der Waals surface area contributed by atoms with Crippen LogP contribution in [0.15, 0.2) is 57.5 Å².